The zero-order valence-corrected chi connectivity index (χ0v) is 19.8. The topological polar surface area (TPSA) is 54.3 Å². The quantitative estimate of drug-likeness (QED) is 0.453. The van der Waals surface area contributed by atoms with Crippen LogP contribution in [0.1, 0.15) is 24.4 Å². The van der Waals surface area contributed by atoms with E-state index in [-0.39, 0.29) is 11.7 Å². The zero-order chi connectivity index (χ0) is 22.1. The first-order valence-electron chi connectivity index (χ1n) is 10.6. The Morgan fingerprint density at radius 1 is 1.16 bits per heavy atom. The van der Waals surface area contributed by atoms with E-state index in [1.54, 1.807) is 23.5 Å². The lowest BCUT2D eigenvalue weighted by Crippen LogP contribution is -2.48. The summed E-state index contributed by atoms with van der Waals surface area (Å²) in [6, 6.07) is 9.27. The summed E-state index contributed by atoms with van der Waals surface area (Å²) in [6.45, 7) is 3.10. The van der Waals surface area contributed by atoms with E-state index in [0.29, 0.717) is 55.1 Å². The monoisotopic (exact) mass is 491 g/mol. The summed E-state index contributed by atoms with van der Waals surface area (Å²) in [5.41, 5.74) is 0.519. The predicted octanol–water partition coefficient (Wildman–Crippen LogP) is 4.57. The minimum Gasteiger partial charge on any atom is -0.339 e. The Kier molecular flexibility index (Phi) is 6.50. The Hall–Kier alpha value is -1.94. The average molecular weight is 492 g/mol. The van der Waals surface area contributed by atoms with Crippen LogP contribution in [0.5, 0.6) is 0 Å². The molecule has 1 saturated heterocycles. The SMILES string of the molecule is O=C(CSc1nnc(-c2cccs2)n1C1CC1)N1CCN(Cc2c(F)cccc2Cl)CC1. The largest absolute Gasteiger partial charge is 0.339 e. The van der Waals surface area contributed by atoms with E-state index >= 15 is 0 Å². The molecule has 2 aliphatic rings. The molecule has 1 aromatic carbocycles. The molecule has 1 saturated carbocycles. The Labute approximate surface area is 199 Å². The molecule has 5 rings (SSSR count). The van der Waals surface area contributed by atoms with Crippen molar-refractivity contribution in [2.24, 2.45) is 0 Å². The molecule has 0 radical (unpaired) electrons. The third-order valence-electron chi connectivity index (χ3n) is 5.81. The lowest BCUT2D eigenvalue weighted by molar-refractivity contribution is -0.130. The number of rotatable bonds is 7. The molecule has 6 nitrogen and oxygen atoms in total. The second kappa shape index (κ2) is 9.51. The zero-order valence-electron chi connectivity index (χ0n) is 17.4. The fourth-order valence-corrected chi connectivity index (χ4v) is 5.73. The number of nitrogens with zero attached hydrogens (tertiary/aromatic N) is 5. The summed E-state index contributed by atoms with van der Waals surface area (Å²) >= 11 is 9.27. The number of thioether (sulfide) groups is 1. The molecule has 0 N–H and O–H groups in total. The lowest BCUT2D eigenvalue weighted by atomic mass is 10.2. The maximum Gasteiger partial charge on any atom is 0.233 e. The van der Waals surface area contributed by atoms with Crippen molar-refractivity contribution in [3.8, 4) is 10.7 Å². The highest BCUT2D eigenvalue weighted by Crippen LogP contribution is 2.41. The molecule has 0 bridgehead atoms. The molecule has 0 unspecified atom stereocenters. The third-order valence-corrected chi connectivity index (χ3v) is 7.96. The Morgan fingerprint density at radius 2 is 1.97 bits per heavy atom. The van der Waals surface area contributed by atoms with E-state index < -0.39 is 0 Å². The smallest absolute Gasteiger partial charge is 0.233 e. The molecule has 10 heteroatoms. The molecule has 32 heavy (non-hydrogen) atoms. The number of hydrogen-bond donors (Lipinski definition) is 0. The summed E-state index contributed by atoms with van der Waals surface area (Å²) in [4.78, 5) is 17.9. The highest BCUT2D eigenvalue weighted by Gasteiger charge is 2.31. The van der Waals surface area contributed by atoms with Crippen LogP contribution in [-0.4, -0.2) is 62.4 Å². The van der Waals surface area contributed by atoms with Gasteiger partial charge in [0.25, 0.3) is 0 Å². The van der Waals surface area contributed by atoms with Crippen molar-refractivity contribution < 1.29 is 9.18 Å². The second-order valence-corrected chi connectivity index (χ2v) is 10.3. The molecule has 1 aliphatic heterocycles. The number of amides is 1. The third kappa shape index (κ3) is 4.71. The number of thiophene rings is 1. The summed E-state index contributed by atoms with van der Waals surface area (Å²) < 4.78 is 16.3. The van der Waals surface area contributed by atoms with Crippen molar-refractivity contribution in [2.75, 3.05) is 31.9 Å². The molecule has 2 aromatic heterocycles. The second-order valence-electron chi connectivity index (χ2n) is 8.03. The van der Waals surface area contributed by atoms with Gasteiger partial charge in [-0.3, -0.25) is 14.3 Å². The number of piperazine rings is 1. The van der Waals surface area contributed by atoms with Crippen LogP contribution in [0.4, 0.5) is 4.39 Å². The molecule has 0 spiro atoms. The van der Waals surface area contributed by atoms with E-state index in [1.165, 1.54) is 17.8 Å². The van der Waals surface area contributed by atoms with Crippen LogP contribution in [-0.2, 0) is 11.3 Å². The Balaban J connectivity index is 1.16. The molecule has 0 atom stereocenters. The first kappa shape index (κ1) is 21.9. The molecular weight excluding hydrogens is 469 g/mol. The number of halogens is 2. The standard InChI is InChI=1S/C22H23ClFN5OS2/c23-17-3-1-4-18(24)16(17)13-27-8-10-28(11-9-27)20(30)14-32-22-26-25-21(19-5-2-12-31-19)29(22)15-6-7-15/h1-5,12,15H,6-11,13-14H2. The van der Waals surface area contributed by atoms with Gasteiger partial charge in [0.15, 0.2) is 11.0 Å². The summed E-state index contributed by atoms with van der Waals surface area (Å²) in [7, 11) is 0. The summed E-state index contributed by atoms with van der Waals surface area (Å²) in [5, 5.41) is 12.1. The molecule has 2 fully saturated rings. The minimum atomic E-state index is -0.283. The van der Waals surface area contributed by atoms with Gasteiger partial charge in [0.05, 0.1) is 10.6 Å². The first-order chi connectivity index (χ1) is 15.6. The number of hydrogen-bond acceptors (Lipinski definition) is 6. The number of carbonyl (C=O) groups is 1. The summed E-state index contributed by atoms with van der Waals surface area (Å²) in [5.74, 6) is 1.06. The molecule has 1 aliphatic carbocycles. The molecule has 3 aromatic rings. The van der Waals surface area contributed by atoms with E-state index in [9.17, 15) is 9.18 Å². The first-order valence-corrected chi connectivity index (χ1v) is 12.9. The van der Waals surface area contributed by atoms with Gasteiger partial charge in [-0.1, -0.05) is 35.5 Å². The number of carbonyl (C=O) groups excluding carboxylic acids is 1. The maximum atomic E-state index is 14.1. The van der Waals surface area contributed by atoms with Crippen molar-refractivity contribution in [2.45, 2.75) is 30.6 Å². The van der Waals surface area contributed by atoms with E-state index in [2.05, 4.69) is 25.7 Å². The van der Waals surface area contributed by atoms with E-state index in [0.717, 1.165) is 28.7 Å². The highest BCUT2D eigenvalue weighted by atomic mass is 35.5. The fourth-order valence-electron chi connectivity index (χ4n) is 3.89. The number of aromatic nitrogens is 3. The lowest BCUT2D eigenvalue weighted by Gasteiger charge is -2.34. The van der Waals surface area contributed by atoms with Crippen molar-refractivity contribution in [1.29, 1.82) is 0 Å². The predicted molar refractivity (Wildman–Crippen MR) is 126 cm³/mol. The van der Waals surface area contributed by atoms with Crippen LogP contribution in [0.25, 0.3) is 10.7 Å². The summed E-state index contributed by atoms with van der Waals surface area (Å²) in [6.07, 6.45) is 2.26. The van der Waals surface area contributed by atoms with E-state index in [4.69, 9.17) is 11.6 Å². The van der Waals surface area contributed by atoms with Gasteiger partial charge in [0.2, 0.25) is 5.91 Å². The van der Waals surface area contributed by atoms with Gasteiger partial charge in [0.1, 0.15) is 5.82 Å². The van der Waals surface area contributed by atoms with Crippen LogP contribution >= 0.6 is 34.7 Å². The van der Waals surface area contributed by atoms with Gasteiger partial charge in [-0.25, -0.2) is 4.39 Å². The van der Waals surface area contributed by atoms with Gasteiger partial charge in [0, 0.05) is 49.4 Å². The Morgan fingerprint density at radius 3 is 2.66 bits per heavy atom. The minimum absolute atomic E-state index is 0.0987. The Bertz CT molecular complexity index is 1070. The van der Waals surface area contributed by atoms with Crippen LogP contribution in [0, 0.1) is 5.82 Å². The van der Waals surface area contributed by atoms with Gasteiger partial charge in [-0.15, -0.1) is 21.5 Å². The molecule has 1 amide bonds. The van der Waals surface area contributed by atoms with Gasteiger partial charge < -0.3 is 4.90 Å². The van der Waals surface area contributed by atoms with Crippen LogP contribution < -0.4 is 0 Å². The van der Waals surface area contributed by atoms with Crippen LogP contribution in [0.3, 0.4) is 0 Å². The number of benzene rings is 1. The molecule has 3 heterocycles. The van der Waals surface area contributed by atoms with Gasteiger partial charge in [-0.05, 0) is 36.4 Å². The van der Waals surface area contributed by atoms with E-state index in [1.807, 2.05) is 16.3 Å². The molecular formula is C22H23ClFN5OS2. The maximum absolute atomic E-state index is 14.1. The van der Waals surface area contributed by atoms with Crippen LogP contribution in [0.2, 0.25) is 5.02 Å². The highest BCUT2D eigenvalue weighted by molar-refractivity contribution is 7.99. The van der Waals surface area contributed by atoms with Gasteiger partial charge >= 0.3 is 0 Å². The normalized spacial score (nSPS) is 17.1. The van der Waals surface area contributed by atoms with Crippen molar-refractivity contribution >= 4 is 40.6 Å². The van der Waals surface area contributed by atoms with Crippen molar-refractivity contribution in [1.82, 2.24) is 24.6 Å². The molecule has 168 valence electrons. The van der Waals surface area contributed by atoms with Crippen molar-refractivity contribution in [3.05, 3.63) is 52.1 Å². The van der Waals surface area contributed by atoms with Crippen LogP contribution in [0.15, 0.2) is 40.9 Å². The fraction of sp³-hybridized carbons (Fsp3) is 0.409. The average Bonchev–Trinajstić information content (AvgIpc) is 3.31. The van der Waals surface area contributed by atoms with Gasteiger partial charge in [-0.2, -0.15) is 0 Å². The van der Waals surface area contributed by atoms with Crippen molar-refractivity contribution in [3.63, 3.8) is 0 Å².